The van der Waals surface area contributed by atoms with Crippen LogP contribution in [-0.4, -0.2) is 19.8 Å². The number of ether oxygens (including phenoxy) is 2. The Balaban J connectivity index is 1.87. The largest absolute Gasteiger partial charge is 0.493 e. The summed E-state index contributed by atoms with van der Waals surface area (Å²) in [6, 6.07) is 6.89. The second-order valence-electron chi connectivity index (χ2n) is 5.19. The average molecular weight is 263 g/mol. The summed E-state index contributed by atoms with van der Waals surface area (Å²) in [5.41, 5.74) is 1.25. The molecule has 0 spiro atoms. The zero-order chi connectivity index (χ0) is 13.7. The molecule has 0 radical (unpaired) electrons. The minimum atomic E-state index is 0.661. The number of rotatable bonds is 8. The third kappa shape index (κ3) is 3.87. The molecule has 1 saturated carbocycles. The summed E-state index contributed by atoms with van der Waals surface area (Å²) in [4.78, 5) is 0. The van der Waals surface area contributed by atoms with Crippen molar-refractivity contribution in [2.45, 2.75) is 45.7 Å². The van der Waals surface area contributed by atoms with E-state index < -0.39 is 0 Å². The highest BCUT2D eigenvalue weighted by Crippen LogP contribution is 2.35. The molecule has 0 bridgehead atoms. The Labute approximate surface area is 116 Å². The molecule has 1 aliphatic carbocycles. The molecule has 19 heavy (non-hydrogen) atoms. The molecule has 0 aromatic heterocycles. The monoisotopic (exact) mass is 263 g/mol. The standard InChI is InChI=1S/C16H25NO2/c1-4-6-13-10-14(13)17-11-12-7-8-15(19-5-2)16(9-12)18-3/h7-9,13-14,17H,4-6,10-11H2,1-3H3. The lowest BCUT2D eigenvalue weighted by molar-refractivity contribution is 0.310. The molecule has 0 amide bonds. The SMILES string of the molecule is CCCC1CC1NCc1ccc(OCC)c(OC)c1. The molecule has 2 unspecified atom stereocenters. The molecular formula is C16H25NO2. The van der Waals surface area contributed by atoms with Gasteiger partial charge in [-0.25, -0.2) is 0 Å². The summed E-state index contributed by atoms with van der Waals surface area (Å²) in [5, 5.41) is 3.61. The maximum Gasteiger partial charge on any atom is 0.161 e. The molecule has 2 atom stereocenters. The molecular weight excluding hydrogens is 238 g/mol. The lowest BCUT2D eigenvalue weighted by Crippen LogP contribution is -2.17. The van der Waals surface area contributed by atoms with Crippen LogP contribution in [0.25, 0.3) is 0 Å². The first-order valence-corrected chi connectivity index (χ1v) is 7.31. The number of hydrogen-bond acceptors (Lipinski definition) is 3. The summed E-state index contributed by atoms with van der Waals surface area (Å²) in [5.74, 6) is 2.54. The zero-order valence-corrected chi connectivity index (χ0v) is 12.2. The van der Waals surface area contributed by atoms with E-state index >= 15 is 0 Å². The van der Waals surface area contributed by atoms with Gasteiger partial charge in [-0.1, -0.05) is 19.4 Å². The molecule has 1 fully saturated rings. The van der Waals surface area contributed by atoms with Crippen LogP contribution in [0.3, 0.4) is 0 Å². The van der Waals surface area contributed by atoms with E-state index in [1.807, 2.05) is 13.0 Å². The molecule has 3 nitrogen and oxygen atoms in total. The lowest BCUT2D eigenvalue weighted by Gasteiger charge is -2.11. The van der Waals surface area contributed by atoms with Gasteiger partial charge in [0.25, 0.3) is 0 Å². The van der Waals surface area contributed by atoms with Crippen molar-refractivity contribution >= 4 is 0 Å². The first-order valence-electron chi connectivity index (χ1n) is 7.31. The summed E-state index contributed by atoms with van der Waals surface area (Å²) in [6.45, 7) is 5.81. The van der Waals surface area contributed by atoms with E-state index in [4.69, 9.17) is 9.47 Å². The number of nitrogens with one attached hydrogen (secondary N) is 1. The topological polar surface area (TPSA) is 30.5 Å². The van der Waals surface area contributed by atoms with E-state index in [1.165, 1.54) is 24.8 Å². The van der Waals surface area contributed by atoms with Gasteiger partial charge >= 0.3 is 0 Å². The normalized spacial score (nSPS) is 21.2. The fraction of sp³-hybridized carbons (Fsp3) is 0.625. The third-order valence-corrected chi connectivity index (χ3v) is 3.68. The first kappa shape index (κ1) is 14.2. The van der Waals surface area contributed by atoms with Gasteiger partial charge in [-0.2, -0.15) is 0 Å². The van der Waals surface area contributed by atoms with Crippen LogP contribution >= 0.6 is 0 Å². The summed E-state index contributed by atoms with van der Waals surface area (Å²) < 4.78 is 10.9. The van der Waals surface area contributed by atoms with Gasteiger partial charge in [0.2, 0.25) is 0 Å². The van der Waals surface area contributed by atoms with Crippen molar-refractivity contribution in [2.75, 3.05) is 13.7 Å². The maximum absolute atomic E-state index is 5.52. The fourth-order valence-electron chi connectivity index (χ4n) is 2.53. The molecule has 0 saturated heterocycles. The van der Waals surface area contributed by atoms with Crippen LogP contribution in [0.5, 0.6) is 11.5 Å². The molecule has 1 aromatic carbocycles. The Morgan fingerprint density at radius 3 is 2.79 bits per heavy atom. The fourth-order valence-corrected chi connectivity index (χ4v) is 2.53. The minimum absolute atomic E-state index is 0.661. The molecule has 3 heteroatoms. The van der Waals surface area contributed by atoms with Crippen molar-refractivity contribution < 1.29 is 9.47 Å². The maximum atomic E-state index is 5.52. The van der Waals surface area contributed by atoms with E-state index in [1.54, 1.807) is 7.11 Å². The lowest BCUT2D eigenvalue weighted by atomic mass is 10.2. The van der Waals surface area contributed by atoms with E-state index in [2.05, 4.69) is 24.4 Å². The van der Waals surface area contributed by atoms with Crippen LogP contribution in [0.4, 0.5) is 0 Å². The minimum Gasteiger partial charge on any atom is -0.493 e. The van der Waals surface area contributed by atoms with Gasteiger partial charge in [-0.15, -0.1) is 0 Å². The van der Waals surface area contributed by atoms with Crippen molar-refractivity contribution in [3.8, 4) is 11.5 Å². The quantitative estimate of drug-likeness (QED) is 0.780. The zero-order valence-electron chi connectivity index (χ0n) is 12.2. The average Bonchev–Trinajstić information content (AvgIpc) is 3.17. The van der Waals surface area contributed by atoms with Crippen LogP contribution in [0, 0.1) is 5.92 Å². The van der Waals surface area contributed by atoms with Crippen LogP contribution < -0.4 is 14.8 Å². The molecule has 1 aliphatic rings. The van der Waals surface area contributed by atoms with Crippen LogP contribution in [0.2, 0.25) is 0 Å². The Kier molecular flexibility index (Phi) is 5.08. The van der Waals surface area contributed by atoms with Crippen LogP contribution in [0.1, 0.15) is 38.7 Å². The van der Waals surface area contributed by atoms with Gasteiger partial charge in [-0.05, 0) is 43.4 Å². The first-order chi connectivity index (χ1) is 9.28. The second kappa shape index (κ2) is 6.80. The van der Waals surface area contributed by atoms with Crippen molar-refractivity contribution in [3.63, 3.8) is 0 Å². The van der Waals surface area contributed by atoms with Crippen molar-refractivity contribution in [2.24, 2.45) is 5.92 Å². The van der Waals surface area contributed by atoms with Gasteiger partial charge in [0.15, 0.2) is 11.5 Å². The highest BCUT2D eigenvalue weighted by atomic mass is 16.5. The molecule has 0 aliphatic heterocycles. The summed E-state index contributed by atoms with van der Waals surface area (Å²) >= 11 is 0. The van der Waals surface area contributed by atoms with Crippen molar-refractivity contribution in [1.82, 2.24) is 5.32 Å². The molecule has 106 valence electrons. The van der Waals surface area contributed by atoms with Crippen LogP contribution in [0.15, 0.2) is 18.2 Å². The smallest absolute Gasteiger partial charge is 0.161 e. The van der Waals surface area contributed by atoms with Gasteiger partial charge in [0, 0.05) is 12.6 Å². The Bertz CT molecular complexity index is 406. The Morgan fingerprint density at radius 2 is 2.11 bits per heavy atom. The number of benzene rings is 1. The number of hydrogen-bond donors (Lipinski definition) is 1. The van der Waals surface area contributed by atoms with E-state index in [9.17, 15) is 0 Å². The summed E-state index contributed by atoms with van der Waals surface area (Å²) in [6.07, 6.45) is 3.98. The highest BCUT2D eigenvalue weighted by Gasteiger charge is 2.35. The Hall–Kier alpha value is -1.22. The summed E-state index contributed by atoms with van der Waals surface area (Å²) in [7, 11) is 1.69. The number of methoxy groups -OCH3 is 1. The predicted molar refractivity (Wildman–Crippen MR) is 77.8 cm³/mol. The van der Waals surface area contributed by atoms with E-state index in [-0.39, 0.29) is 0 Å². The van der Waals surface area contributed by atoms with Gasteiger partial charge in [0.05, 0.1) is 13.7 Å². The van der Waals surface area contributed by atoms with E-state index in [0.29, 0.717) is 6.61 Å². The van der Waals surface area contributed by atoms with Gasteiger partial charge in [0.1, 0.15) is 0 Å². The van der Waals surface area contributed by atoms with E-state index in [0.717, 1.165) is 30.0 Å². The predicted octanol–water partition coefficient (Wildman–Crippen LogP) is 3.37. The Morgan fingerprint density at radius 1 is 1.26 bits per heavy atom. The van der Waals surface area contributed by atoms with Crippen LogP contribution in [-0.2, 0) is 6.54 Å². The highest BCUT2D eigenvalue weighted by molar-refractivity contribution is 5.42. The second-order valence-corrected chi connectivity index (χ2v) is 5.19. The molecule has 2 rings (SSSR count). The molecule has 1 N–H and O–H groups in total. The van der Waals surface area contributed by atoms with Gasteiger partial charge < -0.3 is 14.8 Å². The van der Waals surface area contributed by atoms with Crippen molar-refractivity contribution in [1.29, 1.82) is 0 Å². The third-order valence-electron chi connectivity index (χ3n) is 3.68. The van der Waals surface area contributed by atoms with Gasteiger partial charge in [-0.3, -0.25) is 0 Å². The molecule has 1 aromatic rings. The molecule has 0 heterocycles. The van der Waals surface area contributed by atoms with Crippen molar-refractivity contribution in [3.05, 3.63) is 23.8 Å².